The molecule has 0 aliphatic heterocycles. The molecule has 0 N–H and O–H groups in total. The molecular formula is C9H10BrNO2. The van der Waals surface area contributed by atoms with Crippen LogP contribution in [-0.2, 0) is 10.1 Å². The maximum atomic E-state index is 11.4. The number of hydrogen-bond donors (Lipinski definition) is 0. The number of alkyl halides is 1. The summed E-state index contributed by atoms with van der Waals surface area (Å²) in [4.78, 5) is 15.3. The number of halogens is 1. The van der Waals surface area contributed by atoms with Gasteiger partial charge in [-0.3, -0.25) is 4.98 Å². The van der Waals surface area contributed by atoms with Crippen molar-refractivity contribution in [1.29, 1.82) is 0 Å². The molecule has 0 spiro atoms. The van der Waals surface area contributed by atoms with Gasteiger partial charge < -0.3 is 4.74 Å². The number of nitrogens with zero attached hydrogens (tertiary/aromatic N) is 1. The van der Waals surface area contributed by atoms with Gasteiger partial charge in [-0.25, -0.2) is 4.79 Å². The summed E-state index contributed by atoms with van der Waals surface area (Å²) in [6.45, 7) is 2.18. The number of ether oxygens (including phenoxy) is 1. The summed E-state index contributed by atoms with van der Waals surface area (Å²) in [6, 6.07) is 1.66. The Kier molecular flexibility index (Phi) is 3.89. The Hall–Kier alpha value is -0.900. The van der Waals surface area contributed by atoms with Crippen molar-refractivity contribution in [1.82, 2.24) is 4.98 Å². The summed E-state index contributed by atoms with van der Waals surface area (Å²) in [6.07, 6.45) is 3.24. The lowest BCUT2D eigenvalue weighted by atomic mass is 10.2. The molecule has 1 rings (SSSR count). The van der Waals surface area contributed by atoms with Gasteiger partial charge in [-0.1, -0.05) is 15.9 Å². The summed E-state index contributed by atoms with van der Waals surface area (Å²) >= 11 is 3.28. The SMILES string of the molecule is CCOC(=O)c1ccncc1CBr. The lowest BCUT2D eigenvalue weighted by molar-refractivity contribution is 0.0525. The van der Waals surface area contributed by atoms with E-state index in [9.17, 15) is 4.79 Å². The molecule has 0 saturated heterocycles. The van der Waals surface area contributed by atoms with Crippen LogP contribution in [0, 0.1) is 0 Å². The summed E-state index contributed by atoms with van der Waals surface area (Å²) in [5, 5.41) is 0.606. The first-order valence-electron chi connectivity index (χ1n) is 3.95. The van der Waals surface area contributed by atoms with Crippen LogP contribution in [0.25, 0.3) is 0 Å². The van der Waals surface area contributed by atoms with Crippen LogP contribution in [0.5, 0.6) is 0 Å². The highest BCUT2D eigenvalue weighted by Gasteiger charge is 2.10. The average molecular weight is 244 g/mol. The highest BCUT2D eigenvalue weighted by atomic mass is 79.9. The van der Waals surface area contributed by atoms with Gasteiger partial charge in [0.05, 0.1) is 12.2 Å². The Labute approximate surface area is 85.3 Å². The van der Waals surface area contributed by atoms with Gasteiger partial charge in [0.2, 0.25) is 0 Å². The van der Waals surface area contributed by atoms with Crippen molar-refractivity contribution in [3.63, 3.8) is 0 Å². The molecule has 1 heterocycles. The van der Waals surface area contributed by atoms with Crippen LogP contribution in [0.4, 0.5) is 0 Å². The zero-order valence-corrected chi connectivity index (χ0v) is 8.87. The van der Waals surface area contributed by atoms with E-state index in [0.29, 0.717) is 17.5 Å². The Morgan fingerprint density at radius 2 is 2.46 bits per heavy atom. The van der Waals surface area contributed by atoms with Crippen molar-refractivity contribution in [3.05, 3.63) is 29.6 Å². The van der Waals surface area contributed by atoms with Crippen LogP contribution < -0.4 is 0 Å². The molecule has 0 bridgehead atoms. The molecule has 0 aliphatic rings. The molecule has 13 heavy (non-hydrogen) atoms. The molecular weight excluding hydrogens is 234 g/mol. The number of carbonyl (C=O) groups excluding carboxylic acids is 1. The molecule has 0 radical (unpaired) electrons. The fourth-order valence-corrected chi connectivity index (χ4v) is 1.39. The lowest BCUT2D eigenvalue weighted by Crippen LogP contribution is -2.07. The maximum absolute atomic E-state index is 11.4. The lowest BCUT2D eigenvalue weighted by Gasteiger charge is -2.04. The van der Waals surface area contributed by atoms with Gasteiger partial charge in [0.1, 0.15) is 0 Å². The Balaban J connectivity index is 2.92. The zero-order chi connectivity index (χ0) is 9.68. The van der Waals surface area contributed by atoms with E-state index in [1.807, 2.05) is 0 Å². The third-order valence-corrected chi connectivity index (χ3v) is 2.15. The quantitative estimate of drug-likeness (QED) is 0.604. The van der Waals surface area contributed by atoms with Crippen LogP contribution >= 0.6 is 15.9 Å². The first-order valence-corrected chi connectivity index (χ1v) is 5.07. The summed E-state index contributed by atoms with van der Waals surface area (Å²) < 4.78 is 4.88. The topological polar surface area (TPSA) is 39.2 Å². The predicted molar refractivity (Wildman–Crippen MR) is 52.8 cm³/mol. The van der Waals surface area contributed by atoms with Crippen molar-refractivity contribution >= 4 is 21.9 Å². The molecule has 0 aromatic carbocycles. The van der Waals surface area contributed by atoms with E-state index in [2.05, 4.69) is 20.9 Å². The second kappa shape index (κ2) is 4.97. The number of carbonyl (C=O) groups is 1. The average Bonchev–Trinajstić information content (AvgIpc) is 2.18. The Morgan fingerprint density at radius 3 is 3.08 bits per heavy atom. The predicted octanol–water partition coefficient (Wildman–Crippen LogP) is 2.15. The van der Waals surface area contributed by atoms with Gasteiger partial charge in [-0.05, 0) is 18.6 Å². The van der Waals surface area contributed by atoms with Crippen molar-refractivity contribution in [2.75, 3.05) is 6.61 Å². The molecule has 0 saturated carbocycles. The third kappa shape index (κ3) is 2.52. The van der Waals surface area contributed by atoms with Crippen LogP contribution in [-0.4, -0.2) is 17.6 Å². The molecule has 0 amide bonds. The molecule has 1 aromatic heterocycles. The van der Waals surface area contributed by atoms with Crippen molar-refractivity contribution in [2.45, 2.75) is 12.3 Å². The second-order valence-corrected chi connectivity index (χ2v) is 2.95. The van der Waals surface area contributed by atoms with Gasteiger partial charge >= 0.3 is 5.97 Å². The molecule has 0 unspecified atom stereocenters. The van der Waals surface area contributed by atoms with E-state index >= 15 is 0 Å². The van der Waals surface area contributed by atoms with E-state index < -0.39 is 0 Å². The van der Waals surface area contributed by atoms with E-state index in [1.165, 1.54) is 0 Å². The minimum Gasteiger partial charge on any atom is -0.462 e. The second-order valence-electron chi connectivity index (χ2n) is 2.39. The standard InChI is InChI=1S/C9H10BrNO2/c1-2-13-9(12)8-3-4-11-6-7(8)5-10/h3-4,6H,2,5H2,1H3. The fraction of sp³-hybridized carbons (Fsp3) is 0.333. The zero-order valence-electron chi connectivity index (χ0n) is 7.29. The maximum Gasteiger partial charge on any atom is 0.338 e. The van der Waals surface area contributed by atoms with Crippen LogP contribution in [0.2, 0.25) is 0 Å². The Morgan fingerprint density at radius 1 is 1.69 bits per heavy atom. The normalized spacial score (nSPS) is 9.69. The molecule has 3 nitrogen and oxygen atoms in total. The number of esters is 1. The highest BCUT2D eigenvalue weighted by Crippen LogP contribution is 2.11. The van der Waals surface area contributed by atoms with E-state index in [-0.39, 0.29) is 5.97 Å². The molecule has 0 fully saturated rings. The van der Waals surface area contributed by atoms with Gasteiger partial charge in [-0.2, -0.15) is 0 Å². The molecule has 70 valence electrons. The van der Waals surface area contributed by atoms with Crippen molar-refractivity contribution in [2.24, 2.45) is 0 Å². The minimum atomic E-state index is -0.292. The van der Waals surface area contributed by atoms with Crippen LogP contribution in [0.15, 0.2) is 18.5 Å². The number of rotatable bonds is 3. The van der Waals surface area contributed by atoms with Crippen molar-refractivity contribution < 1.29 is 9.53 Å². The van der Waals surface area contributed by atoms with Gasteiger partial charge in [0.25, 0.3) is 0 Å². The number of hydrogen-bond acceptors (Lipinski definition) is 3. The molecule has 0 aliphatic carbocycles. The van der Waals surface area contributed by atoms with E-state index in [0.717, 1.165) is 5.56 Å². The smallest absolute Gasteiger partial charge is 0.338 e. The monoisotopic (exact) mass is 243 g/mol. The number of pyridine rings is 1. The van der Waals surface area contributed by atoms with Gasteiger partial charge in [0.15, 0.2) is 0 Å². The summed E-state index contributed by atoms with van der Waals surface area (Å²) in [7, 11) is 0. The first kappa shape index (κ1) is 10.2. The summed E-state index contributed by atoms with van der Waals surface area (Å²) in [5.74, 6) is -0.292. The van der Waals surface area contributed by atoms with Gasteiger partial charge in [-0.15, -0.1) is 0 Å². The third-order valence-electron chi connectivity index (χ3n) is 1.54. The largest absolute Gasteiger partial charge is 0.462 e. The molecule has 0 atom stereocenters. The summed E-state index contributed by atoms with van der Waals surface area (Å²) in [5.41, 5.74) is 1.43. The highest BCUT2D eigenvalue weighted by molar-refractivity contribution is 9.08. The molecule has 4 heteroatoms. The van der Waals surface area contributed by atoms with E-state index in [4.69, 9.17) is 4.74 Å². The number of aromatic nitrogens is 1. The van der Waals surface area contributed by atoms with Crippen LogP contribution in [0.3, 0.4) is 0 Å². The van der Waals surface area contributed by atoms with Gasteiger partial charge in [0, 0.05) is 17.7 Å². The fourth-order valence-electron chi connectivity index (χ4n) is 0.942. The van der Waals surface area contributed by atoms with Crippen molar-refractivity contribution in [3.8, 4) is 0 Å². The minimum absolute atomic E-state index is 0.292. The first-order chi connectivity index (χ1) is 6.29. The van der Waals surface area contributed by atoms with E-state index in [1.54, 1.807) is 25.4 Å². The Bertz CT molecular complexity index is 301. The molecule has 1 aromatic rings. The van der Waals surface area contributed by atoms with Crippen LogP contribution in [0.1, 0.15) is 22.8 Å².